The third kappa shape index (κ3) is 19.4. The number of carboxylic acids is 3. The molecular weight excluding hydrogens is 494 g/mol. The lowest BCUT2D eigenvalue weighted by atomic mass is 10.0. The zero-order valence-electron chi connectivity index (χ0n) is 22.9. The van der Waals surface area contributed by atoms with E-state index in [1.165, 1.54) is 51.4 Å². The van der Waals surface area contributed by atoms with Gasteiger partial charge in [-0.05, 0) is 32.1 Å². The summed E-state index contributed by atoms with van der Waals surface area (Å²) < 4.78 is 0. The SMILES string of the molecule is CCCCCCCCCCCCCCC(=O)NC(CCC(=O)O)C(=O)NC(CCCC(N)C(=O)O)C(=O)O. The first-order chi connectivity index (χ1) is 18.1. The van der Waals surface area contributed by atoms with Crippen LogP contribution in [0.4, 0.5) is 0 Å². The van der Waals surface area contributed by atoms with E-state index < -0.39 is 41.9 Å². The van der Waals surface area contributed by atoms with E-state index in [0.29, 0.717) is 6.42 Å². The molecule has 0 heterocycles. The molecule has 0 aliphatic rings. The Morgan fingerprint density at radius 2 is 1.13 bits per heavy atom. The predicted octanol–water partition coefficient (Wildman–Crippen LogP) is 3.58. The first-order valence-electron chi connectivity index (χ1n) is 14.1. The lowest BCUT2D eigenvalue weighted by molar-refractivity contribution is -0.143. The average molecular weight is 544 g/mol. The van der Waals surface area contributed by atoms with Gasteiger partial charge in [-0.2, -0.15) is 0 Å². The molecule has 0 fully saturated rings. The number of nitrogens with two attached hydrogens (primary N) is 1. The fourth-order valence-electron chi connectivity index (χ4n) is 4.12. The number of carbonyl (C=O) groups is 5. The van der Waals surface area contributed by atoms with Crippen LogP contribution in [0.1, 0.15) is 122 Å². The summed E-state index contributed by atoms with van der Waals surface area (Å²) in [6, 6.07) is -3.63. The largest absolute Gasteiger partial charge is 0.481 e. The van der Waals surface area contributed by atoms with Gasteiger partial charge in [0.1, 0.15) is 18.1 Å². The van der Waals surface area contributed by atoms with Crippen LogP contribution in [0.25, 0.3) is 0 Å². The van der Waals surface area contributed by atoms with Crippen LogP contribution in [0.2, 0.25) is 0 Å². The number of hydrogen-bond acceptors (Lipinski definition) is 6. The Hall–Kier alpha value is -2.69. The van der Waals surface area contributed by atoms with Gasteiger partial charge in [-0.1, -0.05) is 77.6 Å². The maximum atomic E-state index is 12.7. The Kier molecular flexibility index (Phi) is 20.7. The van der Waals surface area contributed by atoms with Gasteiger partial charge >= 0.3 is 17.9 Å². The van der Waals surface area contributed by atoms with Gasteiger partial charge in [0, 0.05) is 12.8 Å². The van der Waals surface area contributed by atoms with Gasteiger partial charge in [-0.3, -0.25) is 19.2 Å². The quantitative estimate of drug-likeness (QED) is 0.0932. The number of rotatable bonds is 25. The zero-order valence-corrected chi connectivity index (χ0v) is 22.9. The van der Waals surface area contributed by atoms with Crippen molar-refractivity contribution in [3.8, 4) is 0 Å². The van der Waals surface area contributed by atoms with Gasteiger partial charge in [0.15, 0.2) is 0 Å². The molecule has 0 aliphatic carbocycles. The highest BCUT2D eigenvalue weighted by Crippen LogP contribution is 2.13. The fraction of sp³-hybridized carbons (Fsp3) is 0.815. The average Bonchev–Trinajstić information content (AvgIpc) is 2.85. The molecule has 0 aromatic carbocycles. The van der Waals surface area contributed by atoms with Crippen molar-refractivity contribution in [1.82, 2.24) is 10.6 Å². The Labute approximate surface area is 226 Å². The van der Waals surface area contributed by atoms with Crippen LogP contribution in [0.3, 0.4) is 0 Å². The standard InChI is InChI=1S/C27H49N3O8/c1-2-3-4-5-6-7-8-9-10-11-12-13-17-23(31)29-21(18-19-24(32)33)25(34)30-22(27(37)38)16-14-15-20(28)26(35)36/h20-22H,2-19,28H2,1H3,(H,29,31)(H,30,34)(H,32,33)(H,35,36)(H,37,38). The third-order valence-corrected chi connectivity index (χ3v) is 6.50. The molecule has 0 saturated carbocycles. The van der Waals surface area contributed by atoms with Gasteiger partial charge in [-0.25, -0.2) is 4.79 Å². The van der Waals surface area contributed by atoms with E-state index >= 15 is 0 Å². The molecule has 38 heavy (non-hydrogen) atoms. The molecule has 0 radical (unpaired) electrons. The lowest BCUT2D eigenvalue weighted by Gasteiger charge is -2.21. The molecule has 0 aliphatic heterocycles. The van der Waals surface area contributed by atoms with Crippen molar-refractivity contribution in [3.05, 3.63) is 0 Å². The second-order valence-corrected chi connectivity index (χ2v) is 9.97. The van der Waals surface area contributed by atoms with Crippen molar-refractivity contribution >= 4 is 29.7 Å². The molecule has 7 N–H and O–H groups in total. The molecule has 11 heteroatoms. The second-order valence-electron chi connectivity index (χ2n) is 9.97. The molecule has 0 bridgehead atoms. The summed E-state index contributed by atoms with van der Waals surface area (Å²) in [4.78, 5) is 58.4. The van der Waals surface area contributed by atoms with Gasteiger partial charge in [0.25, 0.3) is 0 Å². The van der Waals surface area contributed by atoms with Crippen LogP contribution in [0.15, 0.2) is 0 Å². The van der Waals surface area contributed by atoms with E-state index in [9.17, 15) is 29.1 Å². The molecule has 0 saturated heterocycles. The predicted molar refractivity (Wildman–Crippen MR) is 144 cm³/mol. The minimum absolute atomic E-state index is 0.0349. The third-order valence-electron chi connectivity index (χ3n) is 6.50. The van der Waals surface area contributed by atoms with E-state index in [0.717, 1.165) is 19.3 Å². The van der Waals surface area contributed by atoms with Crippen molar-refractivity contribution < 1.29 is 39.3 Å². The number of carbonyl (C=O) groups excluding carboxylic acids is 2. The lowest BCUT2D eigenvalue weighted by Crippen LogP contribution is -2.51. The maximum absolute atomic E-state index is 12.7. The Bertz CT molecular complexity index is 716. The van der Waals surface area contributed by atoms with E-state index in [4.69, 9.17) is 15.9 Å². The fourth-order valence-corrected chi connectivity index (χ4v) is 4.12. The van der Waals surface area contributed by atoms with Crippen molar-refractivity contribution in [2.75, 3.05) is 0 Å². The van der Waals surface area contributed by atoms with Gasteiger partial charge in [0.2, 0.25) is 11.8 Å². The summed E-state index contributed by atoms with van der Waals surface area (Å²) in [6.45, 7) is 2.21. The summed E-state index contributed by atoms with van der Waals surface area (Å²) in [5.74, 6) is -4.84. The number of unbranched alkanes of at least 4 members (excludes halogenated alkanes) is 11. The summed E-state index contributed by atoms with van der Waals surface area (Å²) in [5, 5.41) is 32.1. The monoisotopic (exact) mass is 543 g/mol. The molecule has 0 rings (SSSR count). The van der Waals surface area contributed by atoms with Gasteiger partial charge in [0.05, 0.1) is 0 Å². The second kappa shape index (κ2) is 22.3. The summed E-state index contributed by atoms with van der Waals surface area (Å²) in [5.41, 5.74) is 5.42. The van der Waals surface area contributed by atoms with Crippen LogP contribution in [-0.2, 0) is 24.0 Å². The van der Waals surface area contributed by atoms with E-state index in [1.807, 2.05) is 0 Å². The van der Waals surface area contributed by atoms with E-state index in [-0.39, 0.29) is 44.4 Å². The molecule has 220 valence electrons. The smallest absolute Gasteiger partial charge is 0.326 e. The first-order valence-corrected chi connectivity index (χ1v) is 14.1. The number of nitrogens with one attached hydrogen (secondary N) is 2. The Morgan fingerprint density at radius 3 is 1.61 bits per heavy atom. The molecule has 3 unspecified atom stereocenters. The van der Waals surface area contributed by atoms with Crippen LogP contribution in [0, 0.1) is 0 Å². The van der Waals surface area contributed by atoms with Crippen LogP contribution in [-0.4, -0.2) is 63.2 Å². The topological polar surface area (TPSA) is 196 Å². The summed E-state index contributed by atoms with van der Waals surface area (Å²) in [6.07, 6.45) is 13.6. The van der Waals surface area contributed by atoms with Gasteiger partial charge < -0.3 is 31.7 Å². The molecular formula is C27H49N3O8. The van der Waals surface area contributed by atoms with E-state index in [2.05, 4.69) is 17.6 Å². The highest BCUT2D eigenvalue weighted by molar-refractivity contribution is 5.90. The Morgan fingerprint density at radius 1 is 0.605 bits per heavy atom. The van der Waals surface area contributed by atoms with Gasteiger partial charge in [-0.15, -0.1) is 0 Å². The molecule has 11 nitrogen and oxygen atoms in total. The number of carboxylic acid groups (broad SMARTS) is 3. The van der Waals surface area contributed by atoms with Crippen LogP contribution in [0.5, 0.6) is 0 Å². The van der Waals surface area contributed by atoms with Crippen molar-refractivity contribution in [1.29, 1.82) is 0 Å². The number of aliphatic carboxylic acids is 3. The van der Waals surface area contributed by atoms with Crippen LogP contribution < -0.4 is 16.4 Å². The first kappa shape index (κ1) is 35.3. The molecule has 2 amide bonds. The van der Waals surface area contributed by atoms with Crippen molar-refractivity contribution in [2.45, 2.75) is 141 Å². The molecule has 0 aromatic heterocycles. The van der Waals surface area contributed by atoms with Crippen molar-refractivity contribution in [2.24, 2.45) is 5.73 Å². The number of amides is 2. The molecule has 0 spiro atoms. The summed E-state index contributed by atoms with van der Waals surface area (Å²) >= 11 is 0. The Balaban J connectivity index is 4.45. The summed E-state index contributed by atoms with van der Waals surface area (Å²) in [7, 11) is 0. The van der Waals surface area contributed by atoms with E-state index in [1.54, 1.807) is 0 Å². The highest BCUT2D eigenvalue weighted by atomic mass is 16.4. The van der Waals surface area contributed by atoms with Crippen molar-refractivity contribution in [3.63, 3.8) is 0 Å². The minimum atomic E-state index is -1.32. The van der Waals surface area contributed by atoms with Crippen LogP contribution >= 0.6 is 0 Å². The minimum Gasteiger partial charge on any atom is -0.481 e. The zero-order chi connectivity index (χ0) is 28.8. The highest BCUT2D eigenvalue weighted by Gasteiger charge is 2.27. The molecule has 0 aromatic rings. The normalized spacial score (nSPS) is 13.3. The number of hydrogen-bond donors (Lipinski definition) is 6. The molecule has 3 atom stereocenters. The maximum Gasteiger partial charge on any atom is 0.326 e.